The summed E-state index contributed by atoms with van der Waals surface area (Å²) in [6.45, 7) is 2.16. The van der Waals surface area contributed by atoms with Gasteiger partial charge in [0.1, 0.15) is 0 Å². The molecule has 0 spiro atoms. The van der Waals surface area contributed by atoms with Crippen LogP contribution in [-0.2, 0) is 4.79 Å². The zero-order chi connectivity index (χ0) is 17.1. The van der Waals surface area contributed by atoms with E-state index in [1.165, 1.54) is 9.80 Å². The van der Waals surface area contributed by atoms with E-state index in [0.717, 1.165) is 12.1 Å². The number of amides is 2. The Morgan fingerprint density at radius 3 is 2.26 bits per heavy atom. The first-order chi connectivity index (χ1) is 10.8. The van der Waals surface area contributed by atoms with Gasteiger partial charge in [0, 0.05) is 40.3 Å². The van der Waals surface area contributed by atoms with E-state index in [1.54, 1.807) is 14.1 Å². The molecule has 0 aliphatic carbocycles. The van der Waals surface area contributed by atoms with Crippen molar-refractivity contribution < 1.29 is 18.4 Å². The molecule has 23 heavy (non-hydrogen) atoms. The van der Waals surface area contributed by atoms with Crippen LogP contribution in [0.5, 0.6) is 0 Å². The van der Waals surface area contributed by atoms with E-state index < -0.39 is 17.5 Å². The van der Waals surface area contributed by atoms with Crippen LogP contribution in [0, 0.1) is 11.6 Å². The third-order valence-electron chi connectivity index (χ3n) is 3.76. The van der Waals surface area contributed by atoms with Crippen LogP contribution in [0.1, 0.15) is 10.4 Å². The van der Waals surface area contributed by atoms with Crippen molar-refractivity contribution in [2.75, 3.05) is 46.8 Å². The van der Waals surface area contributed by atoms with Crippen molar-refractivity contribution >= 4 is 23.4 Å². The monoisotopic (exact) mass is 345 g/mol. The predicted molar refractivity (Wildman–Crippen MR) is 82.4 cm³/mol. The first-order valence-corrected chi connectivity index (χ1v) is 7.53. The van der Waals surface area contributed by atoms with Crippen LogP contribution in [0.4, 0.5) is 8.78 Å². The van der Waals surface area contributed by atoms with Gasteiger partial charge >= 0.3 is 0 Å². The lowest BCUT2D eigenvalue weighted by molar-refractivity contribution is -0.130. The normalized spacial score (nSPS) is 15.6. The summed E-state index contributed by atoms with van der Waals surface area (Å²) in [5, 5.41) is -0.112. The second-order valence-corrected chi connectivity index (χ2v) is 6.01. The van der Waals surface area contributed by atoms with Gasteiger partial charge in [-0.25, -0.2) is 8.78 Å². The standard InChI is InChI=1S/C15H18ClF2N3O2/c1-19(2)14(22)9-20-3-5-21(6-4-20)15(23)10-7-12(17)13(18)8-11(10)16/h7-8H,3-6,9H2,1-2H3. The molecule has 1 heterocycles. The Kier molecular flexibility index (Phi) is 5.54. The van der Waals surface area contributed by atoms with E-state index in [1.807, 2.05) is 4.90 Å². The Morgan fingerprint density at radius 1 is 1.13 bits per heavy atom. The first kappa shape index (κ1) is 17.6. The van der Waals surface area contributed by atoms with Gasteiger partial charge in [0.15, 0.2) is 11.6 Å². The Morgan fingerprint density at radius 2 is 1.70 bits per heavy atom. The highest BCUT2D eigenvalue weighted by atomic mass is 35.5. The zero-order valence-corrected chi connectivity index (χ0v) is 13.7. The smallest absolute Gasteiger partial charge is 0.255 e. The Bertz CT molecular complexity index is 617. The lowest BCUT2D eigenvalue weighted by Crippen LogP contribution is -2.51. The molecular formula is C15H18ClF2N3O2. The minimum Gasteiger partial charge on any atom is -0.348 e. The summed E-state index contributed by atoms with van der Waals surface area (Å²) in [7, 11) is 3.38. The van der Waals surface area contributed by atoms with E-state index in [0.29, 0.717) is 32.7 Å². The van der Waals surface area contributed by atoms with Crippen LogP contribution >= 0.6 is 11.6 Å². The molecule has 1 fully saturated rings. The highest BCUT2D eigenvalue weighted by Crippen LogP contribution is 2.22. The summed E-state index contributed by atoms with van der Waals surface area (Å²) in [5.41, 5.74) is -0.0524. The average Bonchev–Trinajstić information content (AvgIpc) is 2.51. The quantitative estimate of drug-likeness (QED) is 0.779. The number of nitrogens with zero attached hydrogens (tertiary/aromatic N) is 3. The SMILES string of the molecule is CN(C)C(=O)CN1CCN(C(=O)c2cc(F)c(F)cc2Cl)CC1. The molecule has 0 radical (unpaired) electrons. The van der Waals surface area contributed by atoms with Gasteiger partial charge in [-0.2, -0.15) is 0 Å². The van der Waals surface area contributed by atoms with Crippen LogP contribution in [0.25, 0.3) is 0 Å². The van der Waals surface area contributed by atoms with E-state index in [-0.39, 0.29) is 16.5 Å². The fourth-order valence-electron chi connectivity index (χ4n) is 2.30. The molecule has 5 nitrogen and oxygen atoms in total. The molecule has 0 saturated carbocycles. The second kappa shape index (κ2) is 7.23. The Balaban J connectivity index is 1.99. The third kappa shape index (κ3) is 4.17. The third-order valence-corrected chi connectivity index (χ3v) is 4.07. The highest BCUT2D eigenvalue weighted by Gasteiger charge is 2.25. The first-order valence-electron chi connectivity index (χ1n) is 7.16. The molecule has 2 amide bonds. The van der Waals surface area contributed by atoms with Crippen LogP contribution in [0.3, 0.4) is 0 Å². The number of halogens is 3. The largest absolute Gasteiger partial charge is 0.348 e. The van der Waals surface area contributed by atoms with Gasteiger partial charge in [0.2, 0.25) is 5.91 Å². The number of hydrogen-bond acceptors (Lipinski definition) is 3. The fraction of sp³-hybridized carbons (Fsp3) is 0.467. The number of rotatable bonds is 3. The molecule has 0 unspecified atom stereocenters. The molecule has 1 aromatic carbocycles. The molecule has 0 N–H and O–H groups in total. The van der Waals surface area contributed by atoms with Gasteiger partial charge in [0.05, 0.1) is 17.1 Å². The van der Waals surface area contributed by atoms with Crippen molar-refractivity contribution in [2.24, 2.45) is 0 Å². The summed E-state index contributed by atoms with van der Waals surface area (Å²) in [6.07, 6.45) is 0. The maximum atomic E-state index is 13.3. The van der Waals surface area contributed by atoms with E-state index >= 15 is 0 Å². The van der Waals surface area contributed by atoms with Crippen molar-refractivity contribution in [1.29, 1.82) is 0 Å². The summed E-state index contributed by atoms with van der Waals surface area (Å²) in [6, 6.07) is 1.62. The maximum Gasteiger partial charge on any atom is 0.255 e. The molecule has 0 atom stereocenters. The molecule has 2 rings (SSSR count). The molecule has 0 aromatic heterocycles. The Labute approximate surface area is 138 Å². The molecule has 1 aromatic rings. The number of carbonyl (C=O) groups excluding carboxylic acids is 2. The lowest BCUT2D eigenvalue weighted by atomic mass is 10.1. The number of likely N-dealkylation sites (N-methyl/N-ethyl adjacent to an activating group) is 1. The van der Waals surface area contributed by atoms with Crippen molar-refractivity contribution in [3.8, 4) is 0 Å². The Hall–Kier alpha value is -1.73. The van der Waals surface area contributed by atoms with Crippen molar-refractivity contribution in [3.05, 3.63) is 34.4 Å². The summed E-state index contributed by atoms with van der Waals surface area (Å²) < 4.78 is 26.4. The molecular weight excluding hydrogens is 328 g/mol. The lowest BCUT2D eigenvalue weighted by Gasteiger charge is -2.34. The van der Waals surface area contributed by atoms with E-state index in [4.69, 9.17) is 11.6 Å². The van der Waals surface area contributed by atoms with Gasteiger partial charge in [-0.05, 0) is 12.1 Å². The van der Waals surface area contributed by atoms with Crippen molar-refractivity contribution in [1.82, 2.24) is 14.7 Å². The molecule has 126 valence electrons. The van der Waals surface area contributed by atoms with Crippen LogP contribution in [-0.4, -0.2) is 73.3 Å². The summed E-state index contributed by atoms with van der Waals surface area (Å²) in [4.78, 5) is 29.0. The predicted octanol–water partition coefficient (Wildman–Crippen LogP) is 1.46. The van der Waals surface area contributed by atoms with Gasteiger partial charge in [-0.15, -0.1) is 0 Å². The van der Waals surface area contributed by atoms with Gasteiger partial charge in [-0.1, -0.05) is 11.6 Å². The number of piperazine rings is 1. The zero-order valence-electron chi connectivity index (χ0n) is 13.0. The van der Waals surface area contributed by atoms with Crippen LogP contribution in [0.15, 0.2) is 12.1 Å². The highest BCUT2D eigenvalue weighted by molar-refractivity contribution is 6.33. The number of hydrogen-bond donors (Lipinski definition) is 0. The molecule has 0 bridgehead atoms. The van der Waals surface area contributed by atoms with E-state index in [9.17, 15) is 18.4 Å². The van der Waals surface area contributed by atoms with Crippen LogP contribution < -0.4 is 0 Å². The topological polar surface area (TPSA) is 43.9 Å². The average molecular weight is 346 g/mol. The molecule has 8 heteroatoms. The van der Waals surface area contributed by atoms with Crippen molar-refractivity contribution in [3.63, 3.8) is 0 Å². The summed E-state index contributed by atoms with van der Waals surface area (Å²) >= 11 is 5.83. The molecule has 1 saturated heterocycles. The maximum absolute atomic E-state index is 13.3. The number of benzene rings is 1. The molecule has 1 aliphatic rings. The van der Waals surface area contributed by atoms with Gasteiger partial charge in [-0.3, -0.25) is 14.5 Å². The van der Waals surface area contributed by atoms with Crippen LogP contribution in [0.2, 0.25) is 5.02 Å². The minimum atomic E-state index is -1.10. The number of carbonyl (C=O) groups is 2. The van der Waals surface area contributed by atoms with Gasteiger partial charge in [0.25, 0.3) is 5.91 Å². The minimum absolute atomic E-state index is 0.00609. The van der Waals surface area contributed by atoms with Crippen molar-refractivity contribution in [2.45, 2.75) is 0 Å². The molecule has 1 aliphatic heterocycles. The van der Waals surface area contributed by atoms with E-state index in [2.05, 4.69) is 0 Å². The second-order valence-electron chi connectivity index (χ2n) is 5.60. The fourth-order valence-corrected chi connectivity index (χ4v) is 2.53. The van der Waals surface area contributed by atoms with Gasteiger partial charge < -0.3 is 9.80 Å². The summed E-state index contributed by atoms with van der Waals surface area (Å²) in [5.74, 6) is -2.63.